The van der Waals surface area contributed by atoms with Gasteiger partial charge in [0.25, 0.3) is 0 Å². The molecule has 2 aromatic rings. The third-order valence-electron chi connectivity index (χ3n) is 3.49. The quantitative estimate of drug-likeness (QED) is 0.923. The normalized spacial score (nSPS) is 18.9. The molecule has 1 aliphatic heterocycles. The summed E-state index contributed by atoms with van der Waals surface area (Å²) in [6.07, 6.45) is 2.17. The van der Waals surface area contributed by atoms with E-state index < -0.39 is 0 Å². The van der Waals surface area contributed by atoms with Gasteiger partial charge in [-0.3, -0.25) is 4.68 Å². The summed E-state index contributed by atoms with van der Waals surface area (Å²) in [6, 6.07) is 8.13. The fourth-order valence-corrected chi connectivity index (χ4v) is 2.75. The molecule has 1 atom stereocenters. The van der Waals surface area contributed by atoms with Gasteiger partial charge < -0.3 is 10.5 Å². The van der Waals surface area contributed by atoms with Crippen LogP contribution in [0.1, 0.15) is 24.6 Å². The number of anilines is 1. The van der Waals surface area contributed by atoms with Crippen LogP contribution in [-0.4, -0.2) is 16.4 Å². The van der Waals surface area contributed by atoms with E-state index in [9.17, 15) is 0 Å². The average Bonchev–Trinajstić information content (AvgIpc) is 3.01. The highest BCUT2D eigenvalue weighted by molar-refractivity contribution is 9.10. The summed E-state index contributed by atoms with van der Waals surface area (Å²) in [5, 5.41) is 4.55. The average molecular weight is 322 g/mol. The van der Waals surface area contributed by atoms with Crippen molar-refractivity contribution in [3.63, 3.8) is 0 Å². The summed E-state index contributed by atoms with van der Waals surface area (Å²) in [5.41, 5.74) is 9.22. The Balaban J connectivity index is 2.10. The molecular weight excluding hydrogens is 306 g/mol. The van der Waals surface area contributed by atoms with Crippen LogP contribution in [0.25, 0.3) is 11.1 Å². The molecule has 1 aromatic heterocycles. The molecule has 1 unspecified atom stereocenters. The number of hydrogen-bond acceptors (Lipinski definition) is 3. The third kappa shape index (κ3) is 2.28. The Bertz CT molecular complexity index is 585. The lowest BCUT2D eigenvalue weighted by Crippen LogP contribution is -2.00. The van der Waals surface area contributed by atoms with E-state index in [1.54, 1.807) is 4.68 Å². The predicted molar refractivity (Wildman–Crippen MR) is 78.7 cm³/mol. The van der Waals surface area contributed by atoms with Crippen molar-refractivity contribution >= 4 is 21.7 Å². The van der Waals surface area contributed by atoms with Gasteiger partial charge in [-0.1, -0.05) is 28.1 Å². The summed E-state index contributed by atoms with van der Waals surface area (Å²) in [6.45, 7) is 0.806. The fraction of sp³-hybridized carbons (Fsp3) is 0.357. The molecule has 100 valence electrons. The maximum Gasteiger partial charge on any atom is 0.129 e. The Morgan fingerprint density at radius 1 is 1.37 bits per heavy atom. The molecule has 4 nitrogen and oxygen atoms in total. The Hall–Kier alpha value is -1.33. The molecule has 1 aromatic carbocycles. The number of aryl methyl sites for hydroxylation is 1. The Kier molecular flexibility index (Phi) is 3.33. The summed E-state index contributed by atoms with van der Waals surface area (Å²) in [7, 11) is 1.87. The molecule has 0 bridgehead atoms. The highest BCUT2D eigenvalue weighted by Gasteiger charge is 2.26. The second kappa shape index (κ2) is 4.98. The lowest BCUT2D eigenvalue weighted by Gasteiger charge is -2.09. The molecule has 1 aliphatic rings. The number of nitrogens with two attached hydrogens (primary N) is 1. The Morgan fingerprint density at radius 2 is 2.11 bits per heavy atom. The molecule has 1 saturated heterocycles. The van der Waals surface area contributed by atoms with E-state index in [0.29, 0.717) is 5.82 Å². The second-order valence-corrected chi connectivity index (χ2v) is 5.69. The van der Waals surface area contributed by atoms with Crippen molar-refractivity contribution in [2.45, 2.75) is 18.9 Å². The van der Waals surface area contributed by atoms with Crippen LogP contribution >= 0.6 is 15.9 Å². The number of nitrogen functional groups attached to an aromatic ring is 1. The summed E-state index contributed by atoms with van der Waals surface area (Å²) >= 11 is 3.45. The number of ether oxygens (including phenoxy) is 1. The van der Waals surface area contributed by atoms with Gasteiger partial charge in [0.2, 0.25) is 0 Å². The molecule has 0 aliphatic carbocycles. The molecule has 1 fully saturated rings. The van der Waals surface area contributed by atoms with E-state index in [1.165, 1.54) is 0 Å². The van der Waals surface area contributed by atoms with E-state index in [-0.39, 0.29) is 6.10 Å². The van der Waals surface area contributed by atoms with Crippen LogP contribution < -0.4 is 5.73 Å². The summed E-state index contributed by atoms with van der Waals surface area (Å²) in [5.74, 6) is 0.688. The minimum absolute atomic E-state index is 0.0714. The number of halogens is 1. The monoisotopic (exact) mass is 321 g/mol. The highest BCUT2D eigenvalue weighted by Crippen LogP contribution is 2.38. The minimum atomic E-state index is 0.0714. The largest absolute Gasteiger partial charge is 0.383 e. The molecule has 19 heavy (non-hydrogen) atoms. The number of nitrogens with zero attached hydrogens (tertiary/aromatic N) is 2. The van der Waals surface area contributed by atoms with Crippen LogP contribution in [-0.2, 0) is 11.8 Å². The Morgan fingerprint density at radius 3 is 2.74 bits per heavy atom. The minimum Gasteiger partial charge on any atom is -0.383 e. The van der Waals surface area contributed by atoms with Crippen molar-refractivity contribution in [2.24, 2.45) is 7.05 Å². The van der Waals surface area contributed by atoms with E-state index >= 15 is 0 Å². The van der Waals surface area contributed by atoms with Gasteiger partial charge in [-0.2, -0.15) is 5.10 Å². The highest BCUT2D eigenvalue weighted by atomic mass is 79.9. The SMILES string of the molecule is Cn1nc(C2CCCO2)c(-c2ccc(Br)cc2)c1N. The molecule has 2 heterocycles. The van der Waals surface area contributed by atoms with Crippen LogP contribution in [0.5, 0.6) is 0 Å². The molecule has 0 spiro atoms. The maximum atomic E-state index is 6.17. The maximum absolute atomic E-state index is 6.17. The van der Waals surface area contributed by atoms with Crippen LogP contribution in [0, 0.1) is 0 Å². The molecule has 0 saturated carbocycles. The zero-order chi connectivity index (χ0) is 13.4. The van der Waals surface area contributed by atoms with Crippen LogP contribution in [0.3, 0.4) is 0 Å². The van der Waals surface area contributed by atoms with Gasteiger partial charge in [-0.15, -0.1) is 0 Å². The van der Waals surface area contributed by atoms with Gasteiger partial charge in [-0.05, 0) is 30.5 Å². The molecule has 3 rings (SSSR count). The topological polar surface area (TPSA) is 53.1 Å². The number of benzene rings is 1. The van der Waals surface area contributed by atoms with Crippen molar-refractivity contribution < 1.29 is 4.74 Å². The van der Waals surface area contributed by atoms with Crippen LogP contribution in [0.2, 0.25) is 0 Å². The predicted octanol–water partition coefficient (Wildman–Crippen LogP) is 3.28. The number of aromatic nitrogens is 2. The standard InChI is InChI=1S/C14H16BrN3O/c1-18-14(16)12(9-4-6-10(15)7-5-9)13(17-18)11-3-2-8-19-11/h4-7,11H,2-3,8,16H2,1H3. The van der Waals surface area contributed by atoms with Crippen molar-refractivity contribution in [1.82, 2.24) is 9.78 Å². The van der Waals surface area contributed by atoms with E-state index in [2.05, 4.69) is 33.2 Å². The molecule has 5 heteroatoms. The summed E-state index contributed by atoms with van der Waals surface area (Å²) < 4.78 is 8.54. The van der Waals surface area contributed by atoms with Gasteiger partial charge in [0, 0.05) is 23.7 Å². The zero-order valence-corrected chi connectivity index (χ0v) is 12.4. The van der Waals surface area contributed by atoms with Crippen molar-refractivity contribution in [3.05, 3.63) is 34.4 Å². The fourth-order valence-electron chi connectivity index (χ4n) is 2.49. The van der Waals surface area contributed by atoms with Crippen LogP contribution in [0.15, 0.2) is 28.7 Å². The van der Waals surface area contributed by atoms with Crippen LogP contribution in [0.4, 0.5) is 5.82 Å². The van der Waals surface area contributed by atoms with Crippen molar-refractivity contribution in [3.8, 4) is 11.1 Å². The second-order valence-electron chi connectivity index (χ2n) is 4.78. The number of rotatable bonds is 2. The molecular formula is C14H16BrN3O. The lowest BCUT2D eigenvalue weighted by atomic mass is 10.0. The first-order chi connectivity index (χ1) is 9.16. The van der Waals surface area contributed by atoms with Gasteiger partial charge >= 0.3 is 0 Å². The van der Waals surface area contributed by atoms with Gasteiger partial charge in [0.1, 0.15) is 17.6 Å². The molecule has 0 amide bonds. The van der Waals surface area contributed by atoms with Gasteiger partial charge in [-0.25, -0.2) is 0 Å². The van der Waals surface area contributed by atoms with Gasteiger partial charge in [0.05, 0.1) is 0 Å². The smallest absolute Gasteiger partial charge is 0.129 e. The molecule has 2 N–H and O–H groups in total. The first-order valence-corrected chi connectivity index (χ1v) is 7.16. The van der Waals surface area contributed by atoms with Gasteiger partial charge in [0.15, 0.2) is 0 Å². The first kappa shape index (κ1) is 12.7. The lowest BCUT2D eigenvalue weighted by molar-refractivity contribution is 0.108. The third-order valence-corrected chi connectivity index (χ3v) is 4.01. The summed E-state index contributed by atoms with van der Waals surface area (Å²) in [4.78, 5) is 0. The number of hydrogen-bond donors (Lipinski definition) is 1. The Labute approximate surface area is 120 Å². The van der Waals surface area contributed by atoms with E-state index in [1.807, 2.05) is 19.2 Å². The first-order valence-electron chi connectivity index (χ1n) is 6.36. The van der Waals surface area contributed by atoms with E-state index in [4.69, 9.17) is 10.5 Å². The zero-order valence-electron chi connectivity index (χ0n) is 10.8. The van der Waals surface area contributed by atoms with Crippen molar-refractivity contribution in [1.29, 1.82) is 0 Å². The van der Waals surface area contributed by atoms with E-state index in [0.717, 1.165) is 40.7 Å². The molecule has 0 radical (unpaired) electrons. The van der Waals surface area contributed by atoms with Crippen molar-refractivity contribution in [2.75, 3.05) is 12.3 Å².